The molecule has 0 amide bonds. The van der Waals surface area contributed by atoms with E-state index >= 15 is 0 Å². The van der Waals surface area contributed by atoms with Crippen molar-refractivity contribution < 1.29 is 8.42 Å². The maximum atomic E-state index is 11.7. The van der Waals surface area contributed by atoms with Crippen molar-refractivity contribution in [2.24, 2.45) is 4.99 Å². The van der Waals surface area contributed by atoms with Gasteiger partial charge < -0.3 is 0 Å². The normalized spacial score (nSPS) is 17.1. The van der Waals surface area contributed by atoms with Crippen molar-refractivity contribution in [2.75, 3.05) is 0 Å². The Morgan fingerprint density at radius 1 is 1.10 bits per heavy atom. The van der Waals surface area contributed by atoms with E-state index in [9.17, 15) is 8.42 Å². The number of fused-ring (bicyclic) bond motifs is 3. The van der Waals surface area contributed by atoms with E-state index in [-0.39, 0.29) is 10.3 Å². The van der Waals surface area contributed by atoms with Crippen molar-refractivity contribution in [1.29, 1.82) is 0 Å². The summed E-state index contributed by atoms with van der Waals surface area (Å²) in [6.07, 6.45) is 0. The zero-order chi connectivity index (χ0) is 14.7. The summed E-state index contributed by atoms with van der Waals surface area (Å²) in [4.78, 5) is 4.73. The molecule has 3 nitrogen and oxygen atoms in total. The van der Waals surface area contributed by atoms with E-state index < -0.39 is 9.05 Å². The summed E-state index contributed by atoms with van der Waals surface area (Å²) >= 11 is 0. The molecule has 5 heteroatoms. The molecule has 0 radical (unpaired) electrons. The molecule has 0 saturated heterocycles. The number of aliphatic imine (C=N–C) groups is 1. The van der Waals surface area contributed by atoms with Gasteiger partial charge in [0, 0.05) is 27.2 Å². The Hall–Kier alpha value is -1.39. The van der Waals surface area contributed by atoms with Crippen LogP contribution in [-0.4, -0.2) is 14.1 Å². The summed E-state index contributed by atoms with van der Waals surface area (Å²) in [5.74, 6) is 0. The minimum Gasteiger partial charge on any atom is -0.257 e. The first-order valence-corrected chi connectivity index (χ1v) is 8.60. The number of benzene rings is 2. The molecule has 0 fully saturated rings. The molecule has 1 aliphatic heterocycles. The summed E-state index contributed by atoms with van der Waals surface area (Å²) < 4.78 is 23.4. The van der Waals surface area contributed by atoms with E-state index in [1.165, 1.54) is 6.07 Å². The van der Waals surface area contributed by atoms with Crippen molar-refractivity contribution in [3.8, 4) is 0 Å². The van der Waals surface area contributed by atoms with Crippen LogP contribution >= 0.6 is 10.7 Å². The highest BCUT2D eigenvalue weighted by atomic mass is 35.7. The lowest BCUT2D eigenvalue weighted by atomic mass is 9.80. The zero-order valence-electron chi connectivity index (χ0n) is 11.4. The number of halogens is 1. The van der Waals surface area contributed by atoms with Crippen LogP contribution in [-0.2, 0) is 14.5 Å². The van der Waals surface area contributed by atoms with Crippen LogP contribution in [0, 0.1) is 0 Å². The molecular formula is C15H14ClNO2S. The van der Waals surface area contributed by atoms with Gasteiger partial charge in [-0.15, -0.1) is 0 Å². The third-order valence-electron chi connectivity index (χ3n) is 4.08. The average molecular weight is 308 g/mol. The summed E-state index contributed by atoms with van der Waals surface area (Å²) in [6, 6.07) is 8.83. The van der Waals surface area contributed by atoms with Crippen LogP contribution in [0.4, 0.5) is 5.69 Å². The molecule has 0 saturated carbocycles. The van der Waals surface area contributed by atoms with Gasteiger partial charge in [-0.05, 0) is 30.0 Å². The third kappa shape index (κ3) is 1.79. The van der Waals surface area contributed by atoms with Crippen LogP contribution in [0.3, 0.4) is 0 Å². The van der Waals surface area contributed by atoms with Crippen molar-refractivity contribution in [2.45, 2.75) is 31.1 Å². The van der Waals surface area contributed by atoms with E-state index in [1.54, 1.807) is 12.1 Å². The third-order valence-corrected chi connectivity index (χ3v) is 5.46. The predicted octanol–water partition coefficient (Wildman–Crippen LogP) is 4.15. The summed E-state index contributed by atoms with van der Waals surface area (Å²) in [5, 5.41) is 1.55. The first-order valence-electron chi connectivity index (χ1n) is 6.29. The second-order valence-electron chi connectivity index (χ2n) is 5.57. The fourth-order valence-electron chi connectivity index (χ4n) is 2.78. The molecule has 0 aliphatic carbocycles. The number of nitrogens with zero attached hydrogens (tertiary/aromatic N) is 1. The van der Waals surface area contributed by atoms with E-state index in [2.05, 4.69) is 18.8 Å². The Morgan fingerprint density at radius 2 is 1.80 bits per heavy atom. The second-order valence-corrected chi connectivity index (χ2v) is 8.11. The fraction of sp³-hybridized carbons (Fsp3) is 0.267. The molecule has 0 unspecified atom stereocenters. The number of rotatable bonds is 1. The van der Waals surface area contributed by atoms with Gasteiger partial charge in [-0.1, -0.05) is 32.0 Å². The SMILES string of the molecule is CC1=Nc2ccc3c(S(=O)(=O)Cl)cccc3c2C1(C)C. The average Bonchev–Trinajstić information content (AvgIpc) is 2.58. The molecule has 0 atom stereocenters. The zero-order valence-corrected chi connectivity index (χ0v) is 13.0. The highest BCUT2D eigenvalue weighted by Crippen LogP contribution is 2.45. The summed E-state index contributed by atoms with van der Waals surface area (Å²) in [5.41, 5.74) is 2.79. The maximum absolute atomic E-state index is 11.7. The van der Waals surface area contributed by atoms with E-state index in [0.29, 0.717) is 5.39 Å². The van der Waals surface area contributed by atoms with Gasteiger partial charge in [-0.25, -0.2) is 8.42 Å². The van der Waals surface area contributed by atoms with Gasteiger partial charge in [-0.3, -0.25) is 4.99 Å². The standard InChI is InChI=1S/C15H14ClNO2S/c1-9-15(2,3)14-11-5-4-6-13(20(16,18)19)10(11)7-8-12(14)17-9/h4-8H,1-3H3. The smallest absolute Gasteiger partial charge is 0.257 e. The van der Waals surface area contributed by atoms with E-state index in [4.69, 9.17) is 10.7 Å². The molecule has 1 aliphatic rings. The Kier molecular flexibility index (Phi) is 2.76. The van der Waals surface area contributed by atoms with Crippen LogP contribution < -0.4 is 0 Å². The fourth-order valence-corrected chi connectivity index (χ4v) is 3.87. The first-order chi connectivity index (χ1) is 9.23. The molecule has 104 valence electrons. The van der Waals surface area contributed by atoms with Gasteiger partial charge in [0.05, 0.1) is 10.6 Å². The number of hydrogen-bond acceptors (Lipinski definition) is 3. The predicted molar refractivity (Wildman–Crippen MR) is 82.8 cm³/mol. The van der Waals surface area contributed by atoms with Crippen LogP contribution in [0.15, 0.2) is 40.2 Å². The van der Waals surface area contributed by atoms with Crippen molar-refractivity contribution in [1.82, 2.24) is 0 Å². The largest absolute Gasteiger partial charge is 0.261 e. The second kappa shape index (κ2) is 4.06. The lowest BCUT2D eigenvalue weighted by Crippen LogP contribution is -2.23. The van der Waals surface area contributed by atoms with Gasteiger partial charge in [0.25, 0.3) is 9.05 Å². The highest BCUT2D eigenvalue weighted by molar-refractivity contribution is 8.14. The van der Waals surface area contributed by atoms with E-state index in [1.807, 2.05) is 19.1 Å². The van der Waals surface area contributed by atoms with Crippen LogP contribution in [0.25, 0.3) is 10.8 Å². The van der Waals surface area contributed by atoms with Gasteiger partial charge >= 0.3 is 0 Å². The summed E-state index contributed by atoms with van der Waals surface area (Å²) in [6.45, 7) is 6.19. The molecule has 0 bridgehead atoms. The van der Waals surface area contributed by atoms with Gasteiger partial charge in [0.2, 0.25) is 0 Å². The number of hydrogen-bond donors (Lipinski definition) is 0. The molecule has 2 aromatic carbocycles. The Morgan fingerprint density at radius 3 is 2.45 bits per heavy atom. The molecule has 3 rings (SSSR count). The van der Waals surface area contributed by atoms with Crippen molar-refractivity contribution in [3.63, 3.8) is 0 Å². The van der Waals surface area contributed by atoms with Crippen molar-refractivity contribution >= 4 is 41.9 Å². The molecule has 0 N–H and O–H groups in total. The first kappa shape index (κ1) is 13.6. The molecule has 1 heterocycles. The quantitative estimate of drug-likeness (QED) is 0.743. The Labute approximate surface area is 122 Å². The molecule has 0 spiro atoms. The van der Waals surface area contributed by atoms with Gasteiger partial charge in [-0.2, -0.15) is 0 Å². The lowest BCUT2D eigenvalue weighted by Gasteiger charge is -2.22. The van der Waals surface area contributed by atoms with Gasteiger partial charge in [0.15, 0.2) is 0 Å². The van der Waals surface area contributed by atoms with Gasteiger partial charge in [0.1, 0.15) is 0 Å². The molecule has 20 heavy (non-hydrogen) atoms. The minimum atomic E-state index is -3.76. The Balaban J connectivity index is 2.46. The highest BCUT2D eigenvalue weighted by Gasteiger charge is 2.34. The van der Waals surface area contributed by atoms with E-state index in [0.717, 1.165) is 22.3 Å². The minimum absolute atomic E-state index is 0.153. The lowest BCUT2D eigenvalue weighted by molar-refractivity contribution is 0.610. The Bertz CT molecular complexity index is 867. The summed E-state index contributed by atoms with van der Waals surface area (Å²) in [7, 11) is 1.77. The van der Waals surface area contributed by atoms with Crippen LogP contribution in [0.5, 0.6) is 0 Å². The molecule has 2 aromatic rings. The monoisotopic (exact) mass is 307 g/mol. The van der Waals surface area contributed by atoms with Crippen molar-refractivity contribution in [3.05, 3.63) is 35.9 Å². The maximum Gasteiger partial charge on any atom is 0.261 e. The molecule has 0 aromatic heterocycles. The van der Waals surface area contributed by atoms with Crippen LogP contribution in [0.2, 0.25) is 0 Å². The molecular weight excluding hydrogens is 294 g/mol. The topological polar surface area (TPSA) is 46.5 Å². The van der Waals surface area contributed by atoms with Crippen LogP contribution in [0.1, 0.15) is 26.3 Å².